The molecular formula is C5H10B2N2O. The van der Waals surface area contributed by atoms with Crippen molar-refractivity contribution in [2.45, 2.75) is 6.54 Å². The van der Waals surface area contributed by atoms with Gasteiger partial charge in [-0.3, -0.25) is 4.68 Å². The summed E-state index contributed by atoms with van der Waals surface area (Å²) in [5, 5.41) is 4.18. The van der Waals surface area contributed by atoms with Crippen molar-refractivity contribution in [1.82, 2.24) is 9.78 Å². The highest BCUT2D eigenvalue weighted by Crippen LogP contribution is 1.80. The summed E-state index contributed by atoms with van der Waals surface area (Å²) >= 11 is 0. The Balaban J connectivity index is 2.42. The van der Waals surface area contributed by atoms with E-state index in [9.17, 15) is 0 Å². The number of hydrogen-bond acceptors (Lipinski definition) is 2. The normalized spacial score (nSPS) is 10.0. The van der Waals surface area contributed by atoms with Crippen LogP contribution < -0.4 is 5.59 Å². The van der Waals surface area contributed by atoms with Crippen LogP contribution in [0.15, 0.2) is 12.3 Å². The minimum Gasteiger partial charge on any atom is -0.442 e. The van der Waals surface area contributed by atoms with Gasteiger partial charge in [-0.1, -0.05) is 0 Å². The predicted octanol–water partition coefficient (Wildman–Crippen LogP) is -2.29. The average molecular weight is 136 g/mol. The number of rotatable bonds is 3. The van der Waals surface area contributed by atoms with Gasteiger partial charge in [-0.05, 0) is 6.07 Å². The number of nitrogens with zero attached hydrogens (tertiary/aromatic N) is 2. The smallest absolute Gasteiger partial charge is 0.257 e. The van der Waals surface area contributed by atoms with Gasteiger partial charge < -0.3 is 4.65 Å². The summed E-state index contributed by atoms with van der Waals surface area (Å²) in [6.45, 7) is 1.56. The summed E-state index contributed by atoms with van der Waals surface area (Å²) < 4.78 is 6.77. The van der Waals surface area contributed by atoms with Crippen LogP contribution in [0, 0.1) is 0 Å². The van der Waals surface area contributed by atoms with E-state index < -0.39 is 0 Å². The van der Waals surface area contributed by atoms with Crippen molar-refractivity contribution in [1.29, 1.82) is 0 Å². The summed E-state index contributed by atoms with van der Waals surface area (Å²) in [6, 6.07) is 1.98. The predicted molar refractivity (Wildman–Crippen MR) is 44.9 cm³/mol. The fourth-order valence-corrected chi connectivity index (χ4v) is 0.773. The van der Waals surface area contributed by atoms with Crippen molar-refractivity contribution in [3.63, 3.8) is 0 Å². The van der Waals surface area contributed by atoms with Crippen LogP contribution in [0.2, 0.25) is 0 Å². The van der Waals surface area contributed by atoms with Crippen LogP contribution in [0.25, 0.3) is 0 Å². The Hall–Kier alpha value is -0.700. The first-order valence-corrected chi connectivity index (χ1v) is 3.32. The van der Waals surface area contributed by atoms with Gasteiger partial charge in [0, 0.05) is 18.4 Å². The summed E-state index contributed by atoms with van der Waals surface area (Å²) in [4.78, 5) is 0. The molecule has 1 aromatic heterocycles. The third-order valence-electron chi connectivity index (χ3n) is 1.30. The lowest BCUT2D eigenvalue weighted by atomic mass is 10.1. The maximum absolute atomic E-state index is 4.89. The van der Waals surface area contributed by atoms with E-state index in [1.807, 2.05) is 24.8 Å². The molecule has 5 heteroatoms. The maximum Gasteiger partial charge on any atom is 0.257 e. The monoisotopic (exact) mass is 136 g/mol. The van der Waals surface area contributed by atoms with E-state index in [0.29, 0.717) is 0 Å². The first-order valence-electron chi connectivity index (χ1n) is 3.32. The Morgan fingerprint density at radius 2 is 2.50 bits per heavy atom. The lowest BCUT2D eigenvalue weighted by Crippen LogP contribution is -2.10. The van der Waals surface area contributed by atoms with Gasteiger partial charge >= 0.3 is 0 Å². The topological polar surface area (TPSA) is 27.1 Å². The van der Waals surface area contributed by atoms with Gasteiger partial charge in [0.15, 0.2) is 7.85 Å². The molecule has 0 aromatic carbocycles. The molecular weight excluding hydrogens is 126 g/mol. The van der Waals surface area contributed by atoms with E-state index in [1.165, 1.54) is 0 Å². The quantitative estimate of drug-likeness (QED) is 0.437. The van der Waals surface area contributed by atoms with E-state index in [1.54, 1.807) is 8.05 Å². The van der Waals surface area contributed by atoms with Crippen molar-refractivity contribution >= 4 is 21.5 Å². The molecule has 1 aromatic rings. The largest absolute Gasteiger partial charge is 0.442 e. The molecule has 1 heterocycles. The molecule has 0 aliphatic heterocycles. The van der Waals surface area contributed by atoms with E-state index in [2.05, 4.69) is 5.10 Å². The van der Waals surface area contributed by atoms with E-state index in [-0.39, 0.29) is 0 Å². The molecule has 0 saturated carbocycles. The van der Waals surface area contributed by atoms with E-state index in [4.69, 9.17) is 4.65 Å². The molecule has 0 aliphatic carbocycles. The zero-order valence-electron chi connectivity index (χ0n) is 6.37. The zero-order chi connectivity index (χ0) is 7.40. The van der Waals surface area contributed by atoms with Gasteiger partial charge in [-0.2, -0.15) is 5.10 Å². The van der Waals surface area contributed by atoms with Crippen LogP contribution in [0.1, 0.15) is 0 Å². The molecule has 0 unspecified atom stereocenters. The Kier molecular flexibility index (Phi) is 2.57. The van der Waals surface area contributed by atoms with E-state index >= 15 is 0 Å². The van der Waals surface area contributed by atoms with Crippen LogP contribution in [0.5, 0.6) is 0 Å². The first kappa shape index (κ1) is 7.41. The third kappa shape index (κ3) is 1.92. The summed E-state index contributed by atoms with van der Waals surface area (Å²) in [7, 11) is 3.67. The van der Waals surface area contributed by atoms with Crippen molar-refractivity contribution in [2.75, 3.05) is 6.61 Å². The van der Waals surface area contributed by atoms with Crippen molar-refractivity contribution in [3.8, 4) is 0 Å². The van der Waals surface area contributed by atoms with Crippen molar-refractivity contribution in [3.05, 3.63) is 12.3 Å². The highest BCUT2D eigenvalue weighted by atomic mass is 16.4. The molecule has 0 atom stereocenters. The van der Waals surface area contributed by atoms with Crippen molar-refractivity contribution < 1.29 is 4.65 Å². The summed E-state index contributed by atoms with van der Waals surface area (Å²) in [5.41, 5.74) is 1.05. The average Bonchev–Trinajstić information content (AvgIpc) is 2.31. The van der Waals surface area contributed by atoms with Gasteiger partial charge in [0.05, 0.1) is 6.54 Å². The second-order valence-corrected chi connectivity index (χ2v) is 2.21. The van der Waals surface area contributed by atoms with Crippen LogP contribution in [0.4, 0.5) is 0 Å². The molecule has 0 saturated heterocycles. The Bertz CT molecular complexity index is 201. The molecule has 0 fully saturated rings. The lowest BCUT2D eigenvalue weighted by Gasteiger charge is -1.98. The van der Waals surface area contributed by atoms with Crippen LogP contribution in [-0.2, 0) is 11.2 Å². The minimum absolute atomic E-state index is 0.723. The minimum atomic E-state index is 0.723. The fraction of sp³-hybridized carbons (Fsp3) is 0.400. The summed E-state index contributed by atoms with van der Waals surface area (Å²) in [5.74, 6) is 0. The van der Waals surface area contributed by atoms with Crippen LogP contribution >= 0.6 is 0 Å². The Morgan fingerprint density at radius 3 is 3.00 bits per heavy atom. The van der Waals surface area contributed by atoms with Crippen molar-refractivity contribution in [2.24, 2.45) is 0 Å². The first-order chi connectivity index (χ1) is 4.83. The molecule has 3 nitrogen and oxygen atoms in total. The molecule has 10 heavy (non-hydrogen) atoms. The Labute approximate surface area is 62.2 Å². The van der Waals surface area contributed by atoms with Crippen LogP contribution in [0.3, 0.4) is 0 Å². The molecule has 0 radical (unpaired) electrons. The molecule has 0 N–H and O–H groups in total. The molecule has 0 spiro atoms. The SMILES string of the molecule is BOCCn1ccc(B)n1. The Morgan fingerprint density at radius 1 is 1.70 bits per heavy atom. The molecule has 0 aliphatic rings. The fourth-order valence-electron chi connectivity index (χ4n) is 0.773. The number of aromatic nitrogens is 2. The number of hydrogen-bond donors (Lipinski definition) is 0. The lowest BCUT2D eigenvalue weighted by molar-refractivity contribution is 0.318. The molecule has 0 bridgehead atoms. The highest BCUT2D eigenvalue weighted by molar-refractivity contribution is 6.30. The molecule has 0 amide bonds. The third-order valence-corrected chi connectivity index (χ3v) is 1.30. The second-order valence-electron chi connectivity index (χ2n) is 2.21. The van der Waals surface area contributed by atoms with Gasteiger partial charge in [0.1, 0.15) is 0 Å². The zero-order valence-corrected chi connectivity index (χ0v) is 6.37. The van der Waals surface area contributed by atoms with Gasteiger partial charge in [0.2, 0.25) is 0 Å². The molecule has 1 rings (SSSR count). The standard InChI is InChI=1S/C5H10B2N2O/c6-5-1-2-9(8-5)3-4-10-7/h1-2H,3-4,6-7H2. The van der Waals surface area contributed by atoms with E-state index in [0.717, 1.165) is 18.7 Å². The maximum atomic E-state index is 4.89. The summed E-state index contributed by atoms with van der Waals surface area (Å²) in [6.07, 6.45) is 1.95. The van der Waals surface area contributed by atoms with Gasteiger partial charge in [0.25, 0.3) is 8.05 Å². The highest BCUT2D eigenvalue weighted by Gasteiger charge is 1.90. The molecule has 52 valence electrons. The second kappa shape index (κ2) is 3.46. The van der Waals surface area contributed by atoms with Gasteiger partial charge in [-0.15, -0.1) is 0 Å². The van der Waals surface area contributed by atoms with Gasteiger partial charge in [-0.25, -0.2) is 0 Å². The van der Waals surface area contributed by atoms with Crippen LogP contribution in [-0.4, -0.2) is 32.3 Å².